The first-order valence-electron chi connectivity index (χ1n) is 8.83. The smallest absolute Gasteiger partial charge is 0.0639 e. The summed E-state index contributed by atoms with van der Waals surface area (Å²) in [6.45, 7) is 5.98. The van der Waals surface area contributed by atoms with Gasteiger partial charge < -0.3 is 0 Å². The van der Waals surface area contributed by atoms with Gasteiger partial charge in [0.05, 0.1) is 5.69 Å². The summed E-state index contributed by atoms with van der Waals surface area (Å²) in [6.07, 6.45) is 6.16. The van der Waals surface area contributed by atoms with Crippen LogP contribution in [0, 0.1) is 0 Å². The lowest BCUT2D eigenvalue weighted by Crippen LogP contribution is -1.92. The second-order valence-electron chi connectivity index (χ2n) is 6.20. The summed E-state index contributed by atoms with van der Waals surface area (Å²) in [5, 5.41) is 0. The van der Waals surface area contributed by atoms with Crippen molar-refractivity contribution in [3.8, 4) is 11.1 Å². The van der Waals surface area contributed by atoms with Gasteiger partial charge in [0.15, 0.2) is 0 Å². The molecule has 0 fully saturated rings. The highest BCUT2D eigenvalue weighted by molar-refractivity contribution is 5.95. The summed E-state index contributed by atoms with van der Waals surface area (Å²) < 4.78 is 0. The molecule has 0 aliphatic heterocycles. The van der Waals surface area contributed by atoms with E-state index in [0.717, 1.165) is 11.4 Å². The Bertz CT molecular complexity index is 905. The highest BCUT2D eigenvalue weighted by Gasteiger charge is 2.02. The third kappa shape index (κ3) is 4.67. The largest absolute Gasteiger partial charge is 0.254 e. The molecule has 3 aromatic rings. The fourth-order valence-corrected chi connectivity index (χ4v) is 2.87. The molecular weight excluding hydrogens is 314 g/mol. The topological polar surface area (TPSA) is 12.4 Å². The van der Waals surface area contributed by atoms with Crippen LogP contribution in [0.2, 0.25) is 0 Å². The minimum absolute atomic E-state index is 0.192. The molecule has 26 heavy (non-hydrogen) atoms. The van der Waals surface area contributed by atoms with Gasteiger partial charge in [-0.1, -0.05) is 84.9 Å². The molecule has 1 heteroatoms. The van der Waals surface area contributed by atoms with Crippen molar-refractivity contribution in [1.82, 2.24) is 0 Å². The van der Waals surface area contributed by atoms with E-state index >= 15 is 0 Å². The normalized spacial score (nSPS) is 12.9. The van der Waals surface area contributed by atoms with Crippen molar-refractivity contribution in [1.29, 1.82) is 0 Å². The molecule has 3 rings (SSSR count). The van der Waals surface area contributed by atoms with Gasteiger partial charge in [0.1, 0.15) is 0 Å². The molecule has 0 saturated heterocycles. The predicted molar refractivity (Wildman–Crippen MR) is 113 cm³/mol. The SMILES string of the molecule is C=CC(/C=C\C(C)=Nc1cccc(-c2ccccc2)c1)c1ccccc1. The number of hydrogen-bond acceptors (Lipinski definition) is 1. The first-order valence-corrected chi connectivity index (χ1v) is 8.83. The van der Waals surface area contributed by atoms with E-state index in [1.807, 2.05) is 31.2 Å². The molecule has 1 atom stereocenters. The minimum atomic E-state index is 0.192. The minimum Gasteiger partial charge on any atom is -0.254 e. The zero-order valence-electron chi connectivity index (χ0n) is 15.0. The van der Waals surface area contributed by atoms with E-state index in [2.05, 4.69) is 85.5 Å². The van der Waals surface area contributed by atoms with Gasteiger partial charge in [-0.25, -0.2) is 0 Å². The van der Waals surface area contributed by atoms with Crippen molar-refractivity contribution in [2.75, 3.05) is 0 Å². The van der Waals surface area contributed by atoms with E-state index < -0.39 is 0 Å². The van der Waals surface area contributed by atoms with Crippen molar-refractivity contribution in [2.24, 2.45) is 4.99 Å². The Hall–Kier alpha value is -3.19. The fraction of sp³-hybridized carbons (Fsp3) is 0.0800. The Morgan fingerprint density at radius 3 is 2.19 bits per heavy atom. The number of aliphatic imine (C=N–C) groups is 1. The van der Waals surface area contributed by atoms with Gasteiger partial charge in [-0.2, -0.15) is 0 Å². The average molecular weight is 337 g/mol. The van der Waals surface area contributed by atoms with Gasteiger partial charge in [-0.15, -0.1) is 6.58 Å². The van der Waals surface area contributed by atoms with Crippen LogP contribution in [-0.2, 0) is 0 Å². The first kappa shape index (κ1) is 17.6. The lowest BCUT2D eigenvalue weighted by Gasteiger charge is -2.07. The molecule has 1 unspecified atom stereocenters. The number of rotatable bonds is 6. The van der Waals surface area contributed by atoms with Crippen molar-refractivity contribution >= 4 is 11.4 Å². The van der Waals surface area contributed by atoms with E-state index in [0.29, 0.717) is 0 Å². The maximum absolute atomic E-state index is 4.74. The van der Waals surface area contributed by atoms with Crippen LogP contribution in [0.5, 0.6) is 0 Å². The van der Waals surface area contributed by atoms with Crippen LogP contribution < -0.4 is 0 Å². The van der Waals surface area contributed by atoms with Crippen molar-refractivity contribution in [3.63, 3.8) is 0 Å². The van der Waals surface area contributed by atoms with Crippen molar-refractivity contribution < 1.29 is 0 Å². The maximum atomic E-state index is 4.74. The van der Waals surface area contributed by atoms with Crippen molar-refractivity contribution in [3.05, 3.63) is 115 Å². The van der Waals surface area contributed by atoms with Crippen LogP contribution in [0.25, 0.3) is 11.1 Å². The van der Waals surface area contributed by atoms with Crippen LogP contribution >= 0.6 is 0 Å². The molecule has 3 aromatic carbocycles. The van der Waals surface area contributed by atoms with Crippen LogP contribution in [-0.4, -0.2) is 5.71 Å². The predicted octanol–water partition coefficient (Wildman–Crippen LogP) is 6.97. The Kier molecular flexibility index (Phi) is 5.95. The Morgan fingerprint density at radius 1 is 0.846 bits per heavy atom. The fourth-order valence-electron chi connectivity index (χ4n) is 2.87. The summed E-state index contributed by atoms with van der Waals surface area (Å²) in [5.74, 6) is 0.192. The standard InChI is InChI=1S/C25H23N/c1-3-21(22-11-6-4-7-12-22)18-17-20(2)26-25-16-10-15-24(19-25)23-13-8-5-9-14-23/h3-19,21H,1H2,2H3/b18-17-,26-20?. The molecule has 0 radical (unpaired) electrons. The molecule has 0 amide bonds. The van der Waals surface area contributed by atoms with Crippen LogP contribution in [0.4, 0.5) is 5.69 Å². The van der Waals surface area contributed by atoms with Gasteiger partial charge in [-0.3, -0.25) is 4.99 Å². The van der Waals surface area contributed by atoms with E-state index in [9.17, 15) is 0 Å². The van der Waals surface area contributed by atoms with Crippen molar-refractivity contribution in [2.45, 2.75) is 12.8 Å². The monoisotopic (exact) mass is 337 g/mol. The number of nitrogens with zero attached hydrogens (tertiary/aromatic N) is 1. The maximum Gasteiger partial charge on any atom is 0.0639 e. The highest BCUT2D eigenvalue weighted by atomic mass is 14.7. The Morgan fingerprint density at radius 2 is 1.50 bits per heavy atom. The van der Waals surface area contributed by atoms with Crippen LogP contribution in [0.1, 0.15) is 18.4 Å². The molecular formula is C25H23N. The van der Waals surface area contributed by atoms with E-state index in [1.165, 1.54) is 16.7 Å². The lowest BCUT2D eigenvalue weighted by atomic mass is 9.98. The molecule has 0 bridgehead atoms. The van der Waals surface area contributed by atoms with Gasteiger partial charge in [0, 0.05) is 11.6 Å². The molecule has 0 aromatic heterocycles. The van der Waals surface area contributed by atoms with Crippen LogP contribution in [0.15, 0.2) is 115 Å². The second kappa shape index (κ2) is 8.77. The number of benzene rings is 3. The van der Waals surface area contributed by atoms with Gasteiger partial charge in [-0.05, 0) is 41.8 Å². The average Bonchev–Trinajstić information content (AvgIpc) is 2.70. The summed E-state index contributed by atoms with van der Waals surface area (Å²) in [6, 6.07) is 29.1. The van der Waals surface area contributed by atoms with Gasteiger partial charge >= 0.3 is 0 Å². The van der Waals surface area contributed by atoms with Crippen LogP contribution in [0.3, 0.4) is 0 Å². The number of allylic oxidation sites excluding steroid dienone is 3. The summed E-state index contributed by atoms with van der Waals surface area (Å²) in [7, 11) is 0. The van der Waals surface area contributed by atoms with E-state index in [4.69, 9.17) is 4.99 Å². The molecule has 0 N–H and O–H groups in total. The molecule has 0 heterocycles. The summed E-state index contributed by atoms with van der Waals surface area (Å²) >= 11 is 0. The van der Waals surface area contributed by atoms with E-state index in [1.54, 1.807) is 0 Å². The van der Waals surface area contributed by atoms with E-state index in [-0.39, 0.29) is 5.92 Å². The summed E-state index contributed by atoms with van der Waals surface area (Å²) in [5.41, 5.74) is 5.55. The molecule has 0 aliphatic rings. The third-order valence-electron chi connectivity index (χ3n) is 4.24. The number of hydrogen-bond donors (Lipinski definition) is 0. The second-order valence-corrected chi connectivity index (χ2v) is 6.20. The van der Waals surface area contributed by atoms with Gasteiger partial charge in [0.2, 0.25) is 0 Å². The highest BCUT2D eigenvalue weighted by Crippen LogP contribution is 2.24. The third-order valence-corrected chi connectivity index (χ3v) is 4.24. The Balaban J connectivity index is 1.78. The summed E-state index contributed by atoms with van der Waals surface area (Å²) in [4.78, 5) is 4.74. The molecule has 0 spiro atoms. The zero-order valence-corrected chi connectivity index (χ0v) is 15.0. The Labute approximate surface area is 156 Å². The zero-order chi connectivity index (χ0) is 18.2. The molecule has 128 valence electrons. The van der Waals surface area contributed by atoms with Gasteiger partial charge in [0.25, 0.3) is 0 Å². The lowest BCUT2D eigenvalue weighted by molar-refractivity contribution is 1.09. The molecule has 0 aliphatic carbocycles. The first-order chi connectivity index (χ1) is 12.8. The molecule has 1 nitrogen and oxygen atoms in total. The molecule has 0 saturated carbocycles. The quantitative estimate of drug-likeness (QED) is 0.340.